The largest absolute Gasteiger partial charge is 0.352 e. The van der Waals surface area contributed by atoms with Crippen LogP contribution in [0.3, 0.4) is 0 Å². The van der Waals surface area contributed by atoms with E-state index in [1.807, 2.05) is 6.92 Å². The predicted octanol–water partition coefficient (Wildman–Crippen LogP) is 1.77. The van der Waals surface area contributed by atoms with Gasteiger partial charge in [0.25, 0.3) is 0 Å². The smallest absolute Gasteiger partial charge is 0.221 e. The predicted molar refractivity (Wildman–Crippen MR) is 68.4 cm³/mol. The van der Waals surface area contributed by atoms with Crippen molar-refractivity contribution in [3.63, 3.8) is 0 Å². The molecular formula is C12H17FN2OS. The van der Waals surface area contributed by atoms with Crippen molar-refractivity contribution in [1.29, 1.82) is 0 Å². The van der Waals surface area contributed by atoms with Gasteiger partial charge in [0, 0.05) is 29.7 Å². The molecule has 0 saturated carbocycles. The Morgan fingerprint density at radius 3 is 2.88 bits per heavy atom. The molecule has 1 amide bonds. The van der Waals surface area contributed by atoms with Crippen LogP contribution < -0.4 is 11.1 Å². The molecule has 0 unspecified atom stereocenters. The number of carbonyl (C=O) groups excluding carboxylic acids is 1. The average molecular weight is 256 g/mol. The van der Waals surface area contributed by atoms with Crippen molar-refractivity contribution in [3.8, 4) is 0 Å². The van der Waals surface area contributed by atoms with Crippen molar-refractivity contribution in [2.75, 3.05) is 12.3 Å². The second-order valence-corrected chi connectivity index (χ2v) is 4.87. The maximum atomic E-state index is 13.2. The van der Waals surface area contributed by atoms with E-state index in [4.69, 9.17) is 5.73 Å². The highest BCUT2D eigenvalue weighted by atomic mass is 32.2. The molecule has 0 bridgehead atoms. The summed E-state index contributed by atoms with van der Waals surface area (Å²) in [4.78, 5) is 12.0. The number of rotatable bonds is 6. The van der Waals surface area contributed by atoms with Crippen LogP contribution in [0.5, 0.6) is 0 Å². The van der Waals surface area contributed by atoms with Gasteiger partial charge in [-0.1, -0.05) is 12.1 Å². The lowest BCUT2D eigenvalue weighted by Gasteiger charge is -2.10. The minimum atomic E-state index is -0.242. The van der Waals surface area contributed by atoms with E-state index in [2.05, 4.69) is 5.32 Å². The number of hydrogen-bond acceptors (Lipinski definition) is 3. The molecule has 1 atom stereocenters. The van der Waals surface area contributed by atoms with Crippen LogP contribution in [-0.2, 0) is 4.79 Å². The molecule has 0 fully saturated rings. The summed E-state index contributed by atoms with van der Waals surface area (Å²) in [7, 11) is 0. The fourth-order valence-electron chi connectivity index (χ4n) is 1.22. The van der Waals surface area contributed by atoms with Crippen LogP contribution in [0.1, 0.15) is 13.3 Å². The number of hydrogen-bond donors (Lipinski definition) is 2. The summed E-state index contributed by atoms with van der Waals surface area (Å²) in [6.07, 6.45) is 0.364. The summed E-state index contributed by atoms with van der Waals surface area (Å²) in [5.74, 6) is 0.268. The molecule has 0 spiro atoms. The van der Waals surface area contributed by atoms with Gasteiger partial charge in [0.15, 0.2) is 0 Å². The Bertz CT molecular complexity index is 373. The van der Waals surface area contributed by atoms with Gasteiger partial charge in [0.1, 0.15) is 5.82 Å². The summed E-state index contributed by atoms with van der Waals surface area (Å²) >= 11 is 1.34. The van der Waals surface area contributed by atoms with Crippen LogP contribution in [0.15, 0.2) is 29.2 Å². The monoisotopic (exact) mass is 256 g/mol. The van der Waals surface area contributed by atoms with Gasteiger partial charge in [0.2, 0.25) is 5.91 Å². The summed E-state index contributed by atoms with van der Waals surface area (Å²) in [6.45, 7) is 2.27. The Morgan fingerprint density at radius 1 is 1.53 bits per heavy atom. The first-order valence-corrected chi connectivity index (χ1v) is 6.48. The van der Waals surface area contributed by atoms with Gasteiger partial charge in [-0.05, 0) is 19.1 Å². The second-order valence-electron chi connectivity index (χ2n) is 3.73. The SMILES string of the molecule is C[C@@H](CN)NC(=O)CCSc1ccccc1F. The topological polar surface area (TPSA) is 55.1 Å². The van der Waals surface area contributed by atoms with E-state index in [9.17, 15) is 9.18 Å². The minimum absolute atomic E-state index is 0.0130. The van der Waals surface area contributed by atoms with Gasteiger partial charge in [-0.3, -0.25) is 4.79 Å². The molecular weight excluding hydrogens is 239 g/mol. The van der Waals surface area contributed by atoms with Crippen LogP contribution in [0.25, 0.3) is 0 Å². The summed E-state index contributed by atoms with van der Waals surface area (Å²) in [5.41, 5.74) is 5.39. The van der Waals surface area contributed by atoms with E-state index in [1.54, 1.807) is 18.2 Å². The van der Waals surface area contributed by atoms with Gasteiger partial charge in [-0.15, -0.1) is 11.8 Å². The molecule has 5 heteroatoms. The van der Waals surface area contributed by atoms with Gasteiger partial charge >= 0.3 is 0 Å². The number of carbonyl (C=O) groups is 1. The fraction of sp³-hybridized carbons (Fsp3) is 0.417. The quantitative estimate of drug-likeness (QED) is 0.763. The molecule has 94 valence electrons. The summed E-state index contributed by atoms with van der Waals surface area (Å²) in [5, 5.41) is 2.76. The molecule has 0 aromatic heterocycles. The molecule has 0 heterocycles. The van der Waals surface area contributed by atoms with E-state index in [-0.39, 0.29) is 17.8 Å². The zero-order valence-corrected chi connectivity index (χ0v) is 10.6. The highest BCUT2D eigenvalue weighted by molar-refractivity contribution is 7.99. The molecule has 3 nitrogen and oxygen atoms in total. The first-order chi connectivity index (χ1) is 8.13. The molecule has 1 aromatic carbocycles. The van der Waals surface area contributed by atoms with E-state index in [0.29, 0.717) is 23.6 Å². The Hall–Kier alpha value is -1.07. The Morgan fingerprint density at radius 2 is 2.24 bits per heavy atom. The maximum absolute atomic E-state index is 13.2. The Kier molecular flexibility index (Phi) is 6.00. The van der Waals surface area contributed by atoms with Gasteiger partial charge in [-0.2, -0.15) is 0 Å². The number of halogens is 1. The van der Waals surface area contributed by atoms with Crippen LogP contribution >= 0.6 is 11.8 Å². The number of benzene rings is 1. The molecule has 0 aliphatic heterocycles. The van der Waals surface area contributed by atoms with Crippen molar-refractivity contribution in [1.82, 2.24) is 5.32 Å². The lowest BCUT2D eigenvalue weighted by atomic mass is 10.3. The zero-order chi connectivity index (χ0) is 12.7. The lowest BCUT2D eigenvalue weighted by molar-refractivity contribution is -0.121. The molecule has 3 N–H and O–H groups in total. The minimum Gasteiger partial charge on any atom is -0.352 e. The first kappa shape index (κ1) is 14.0. The van der Waals surface area contributed by atoms with Crippen molar-refractivity contribution in [3.05, 3.63) is 30.1 Å². The highest BCUT2D eigenvalue weighted by Crippen LogP contribution is 2.21. The lowest BCUT2D eigenvalue weighted by Crippen LogP contribution is -2.37. The van der Waals surface area contributed by atoms with E-state index < -0.39 is 0 Å². The van der Waals surface area contributed by atoms with Crippen molar-refractivity contribution >= 4 is 17.7 Å². The van der Waals surface area contributed by atoms with Crippen LogP contribution in [0, 0.1) is 5.82 Å². The molecule has 17 heavy (non-hydrogen) atoms. The Labute approximate surface area is 105 Å². The molecule has 1 aromatic rings. The van der Waals surface area contributed by atoms with Crippen molar-refractivity contribution < 1.29 is 9.18 Å². The van der Waals surface area contributed by atoms with Gasteiger partial charge in [0.05, 0.1) is 0 Å². The second kappa shape index (κ2) is 7.29. The van der Waals surface area contributed by atoms with Crippen LogP contribution in [0.4, 0.5) is 4.39 Å². The average Bonchev–Trinajstić information content (AvgIpc) is 2.31. The molecule has 0 aliphatic rings. The zero-order valence-electron chi connectivity index (χ0n) is 9.78. The third kappa shape index (κ3) is 5.19. The van der Waals surface area contributed by atoms with E-state index in [1.165, 1.54) is 17.8 Å². The number of amides is 1. The number of nitrogens with one attached hydrogen (secondary N) is 1. The van der Waals surface area contributed by atoms with Crippen molar-refractivity contribution in [2.45, 2.75) is 24.3 Å². The number of thioether (sulfide) groups is 1. The molecule has 0 saturated heterocycles. The molecule has 0 aliphatic carbocycles. The van der Waals surface area contributed by atoms with E-state index >= 15 is 0 Å². The number of nitrogens with two attached hydrogens (primary N) is 1. The van der Waals surface area contributed by atoms with Gasteiger partial charge in [-0.25, -0.2) is 4.39 Å². The van der Waals surface area contributed by atoms with E-state index in [0.717, 1.165) is 0 Å². The standard InChI is InChI=1S/C12H17FN2OS/c1-9(8-14)15-12(16)6-7-17-11-5-3-2-4-10(11)13/h2-5,9H,6-8,14H2,1H3,(H,15,16)/t9-/m0/s1. The molecule has 0 radical (unpaired) electrons. The maximum Gasteiger partial charge on any atom is 0.221 e. The summed E-state index contributed by atoms with van der Waals surface area (Å²) < 4.78 is 13.2. The first-order valence-electron chi connectivity index (χ1n) is 5.50. The van der Waals surface area contributed by atoms with Crippen molar-refractivity contribution in [2.24, 2.45) is 5.73 Å². The third-order valence-corrected chi connectivity index (χ3v) is 3.23. The normalized spacial score (nSPS) is 12.2. The molecule has 1 rings (SSSR count). The van der Waals surface area contributed by atoms with Gasteiger partial charge < -0.3 is 11.1 Å². The Balaban J connectivity index is 2.29. The summed E-state index contributed by atoms with van der Waals surface area (Å²) in [6, 6.07) is 6.54. The van der Waals surface area contributed by atoms with Crippen LogP contribution in [0.2, 0.25) is 0 Å². The van der Waals surface area contributed by atoms with Crippen LogP contribution in [-0.4, -0.2) is 24.2 Å². The third-order valence-electron chi connectivity index (χ3n) is 2.18. The highest BCUT2D eigenvalue weighted by Gasteiger charge is 2.06. The fourth-order valence-corrected chi connectivity index (χ4v) is 2.11.